The van der Waals surface area contributed by atoms with E-state index >= 15 is 0 Å². The molecule has 2 rings (SSSR count). The molecule has 1 aliphatic heterocycles. The van der Waals surface area contributed by atoms with E-state index in [0.29, 0.717) is 6.42 Å². The lowest BCUT2D eigenvalue weighted by Gasteiger charge is -2.18. The average molecular weight is 337 g/mol. The minimum Gasteiger partial charge on any atom is -0.356 e. The predicted molar refractivity (Wildman–Crippen MR) is 94.9 cm³/mol. The van der Waals surface area contributed by atoms with Crippen LogP contribution in [0, 0.1) is 0 Å². The Kier molecular flexibility index (Phi) is 6.71. The van der Waals surface area contributed by atoms with Gasteiger partial charge in [-0.25, -0.2) is 0 Å². The monoisotopic (exact) mass is 336 g/mol. The van der Waals surface area contributed by atoms with Crippen molar-refractivity contribution in [3.05, 3.63) is 34.9 Å². The lowest BCUT2D eigenvalue weighted by atomic mass is 10.1. The molecule has 1 heterocycles. The number of carbonyl (C=O) groups is 1. The number of carbonyl (C=O) groups excluding carboxylic acids is 1. The first-order valence-corrected chi connectivity index (χ1v) is 8.49. The number of rotatable bonds is 5. The third-order valence-corrected chi connectivity index (χ3v) is 4.24. The highest BCUT2D eigenvalue weighted by Crippen LogP contribution is 2.11. The Morgan fingerprint density at radius 3 is 3.00 bits per heavy atom. The van der Waals surface area contributed by atoms with Crippen molar-refractivity contribution in [2.24, 2.45) is 4.99 Å². The van der Waals surface area contributed by atoms with E-state index < -0.39 is 0 Å². The van der Waals surface area contributed by atoms with E-state index in [-0.39, 0.29) is 11.9 Å². The summed E-state index contributed by atoms with van der Waals surface area (Å²) >= 11 is 5.99. The molecule has 1 fully saturated rings. The van der Waals surface area contributed by atoms with E-state index in [1.165, 1.54) is 5.56 Å². The van der Waals surface area contributed by atoms with E-state index in [2.05, 4.69) is 21.7 Å². The molecule has 5 nitrogen and oxygen atoms in total. The van der Waals surface area contributed by atoms with Gasteiger partial charge in [-0.3, -0.25) is 9.79 Å². The maximum atomic E-state index is 11.7. The van der Waals surface area contributed by atoms with Crippen LogP contribution in [0.15, 0.2) is 29.3 Å². The van der Waals surface area contributed by atoms with E-state index in [9.17, 15) is 4.79 Å². The van der Waals surface area contributed by atoms with Gasteiger partial charge in [-0.15, -0.1) is 0 Å². The predicted octanol–water partition coefficient (Wildman–Crippen LogP) is 2.06. The molecule has 1 amide bonds. The summed E-state index contributed by atoms with van der Waals surface area (Å²) in [5.74, 6) is 1.00. The molecule has 0 spiro atoms. The van der Waals surface area contributed by atoms with E-state index in [1.807, 2.05) is 30.0 Å². The van der Waals surface area contributed by atoms with Crippen LogP contribution in [0.25, 0.3) is 0 Å². The van der Waals surface area contributed by atoms with Gasteiger partial charge in [0.15, 0.2) is 5.96 Å². The van der Waals surface area contributed by atoms with Crippen LogP contribution in [-0.2, 0) is 11.2 Å². The largest absolute Gasteiger partial charge is 0.356 e. The van der Waals surface area contributed by atoms with Gasteiger partial charge in [0.2, 0.25) is 5.91 Å². The second kappa shape index (κ2) is 8.77. The first-order chi connectivity index (χ1) is 11.1. The van der Waals surface area contributed by atoms with Gasteiger partial charge in [0.05, 0.1) is 0 Å². The Morgan fingerprint density at radius 2 is 2.30 bits per heavy atom. The van der Waals surface area contributed by atoms with E-state index in [4.69, 9.17) is 11.6 Å². The minimum absolute atomic E-state index is 0.221. The smallest absolute Gasteiger partial charge is 0.222 e. The van der Waals surface area contributed by atoms with Crippen molar-refractivity contribution < 1.29 is 4.79 Å². The lowest BCUT2D eigenvalue weighted by molar-refractivity contribution is -0.129. The Bertz CT molecular complexity index is 561. The third-order valence-electron chi connectivity index (χ3n) is 4.00. The van der Waals surface area contributed by atoms with Gasteiger partial charge >= 0.3 is 0 Å². The van der Waals surface area contributed by atoms with Gasteiger partial charge in [-0.1, -0.05) is 30.7 Å². The zero-order valence-corrected chi connectivity index (χ0v) is 14.6. The summed E-state index contributed by atoms with van der Waals surface area (Å²) < 4.78 is 0. The van der Waals surface area contributed by atoms with Crippen molar-refractivity contribution in [1.82, 2.24) is 15.5 Å². The maximum absolute atomic E-state index is 11.7. The summed E-state index contributed by atoms with van der Waals surface area (Å²) in [6.45, 7) is 4.26. The molecule has 126 valence electrons. The molecular weight excluding hydrogens is 312 g/mol. The molecule has 23 heavy (non-hydrogen) atoms. The Balaban J connectivity index is 1.75. The summed E-state index contributed by atoms with van der Waals surface area (Å²) in [7, 11) is 1.76. The normalized spacial score (nSPS) is 18.1. The molecule has 0 aliphatic carbocycles. The number of hydrogen-bond acceptors (Lipinski definition) is 2. The van der Waals surface area contributed by atoms with Crippen molar-refractivity contribution in [2.75, 3.05) is 26.7 Å². The summed E-state index contributed by atoms with van der Waals surface area (Å²) in [6, 6.07) is 8.15. The van der Waals surface area contributed by atoms with Crippen LogP contribution in [0.2, 0.25) is 5.02 Å². The van der Waals surface area contributed by atoms with Gasteiger partial charge < -0.3 is 15.5 Å². The fourth-order valence-corrected chi connectivity index (χ4v) is 2.95. The van der Waals surface area contributed by atoms with Crippen molar-refractivity contribution in [3.8, 4) is 0 Å². The number of nitrogens with zero attached hydrogens (tertiary/aromatic N) is 2. The first kappa shape index (κ1) is 17.6. The number of likely N-dealkylation sites (tertiary alicyclic amines) is 1. The van der Waals surface area contributed by atoms with Crippen LogP contribution in [0.3, 0.4) is 0 Å². The zero-order valence-electron chi connectivity index (χ0n) is 13.8. The van der Waals surface area contributed by atoms with E-state index in [1.54, 1.807) is 7.05 Å². The highest BCUT2D eigenvalue weighted by atomic mass is 35.5. The number of nitrogens with one attached hydrogen (secondary N) is 2. The quantitative estimate of drug-likeness (QED) is 0.639. The van der Waals surface area contributed by atoms with Crippen LogP contribution in [-0.4, -0.2) is 49.5 Å². The molecule has 0 aromatic heterocycles. The molecule has 0 bridgehead atoms. The lowest BCUT2D eigenvalue weighted by Crippen LogP contribution is -2.45. The minimum atomic E-state index is 0.221. The average Bonchev–Trinajstić information content (AvgIpc) is 3.02. The standard InChI is InChI=1S/C17H25ClN4O/c1-3-16(23)22-10-8-15(12-22)21-17(19-2)20-9-7-13-5-4-6-14(18)11-13/h4-6,11,15H,3,7-10,12H2,1-2H3,(H2,19,20,21). The molecule has 0 radical (unpaired) electrons. The summed E-state index contributed by atoms with van der Waals surface area (Å²) in [4.78, 5) is 17.9. The van der Waals surface area contributed by atoms with Gasteiger partial charge in [0.1, 0.15) is 0 Å². The molecule has 2 N–H and O–H groups in total. The van der Waals surface area contributed by atoms with Crippen molar-refractivity contribution in [3.63, 3.8) is 0 Å². The number of amides is 1. The highest BCUT2D eigenvalue weighted by Gasteiger charge is 2.25. The van der Waals surface area contributed by atoms with Crippen LogP contribution in [0.1, 0.15) is 25.3 Å². The Labute approximate surface area is 143 Å². The van der Waals surface area contributed by atoms with Crippen molar-refractivity contribution in [2.45, 2.75) is 32.2 Å². The molecule has 6 heteroatoms. The SMILES string of the molecule is CCC(=O)N1CCC(NC(=NC)NCCc2cccc(Cl)c2)C1. The second-order valence-corrected chi connectivity index (χ2v) is 6.14. The third kappa shape index (κ3) is 5.43. The van der Waals surface area contributed by atoms with Crippen molar-refractivity contribution in [1.29, 1.82) is 0 Å². The number of hydrogen-bond donors (Lipinski definition) is 2. The second-order valence-electron chi connectivity index (χ2n) is 5.70. The van der Waals surface area contributed by atoms with Crippen LogP contribution in [0.4, 0.5) is 0 Å². The van der Waals surface area contributed by atoms with Crippen LogP contribution >= 0.6 is 11.6 Å². The van der Waals surface area contributed by atoms with Gasteiger partial charge in [-0.2, -0.15) is 0 Å². The maximum Gasteiger partial charge on any atom is 0.222 e. The Hall–Kier alpha value is -1.75. The number of halogens is 1. The fraction of sp³-hybridized carbons (Fsp3) is 0.529. The summed E-state index contributed by atoms with van der Waals surface area (Å²) in [5.41, 5.74) is 1.20. The molecule has 0 saturated carbocycles. The summed E-state index contributed by atoms with van der Waals surface area (Å²) in [6.07, 6.45) is 2.41. The molecule has 1 aromatic rings. The van der Waals surface area contributed by atoms with Gasteiger partial charge in [0, 0.05) is 44.2 Å². The van der Waals surface area contributed by atoms with Crippen LogP contribution < -0.4 is 10.6 Å². The van der Waals surface area contributed by atoms with Gasteiger partial charge in [0.25, 0.3) is 0 Å². The topological polar surface area (TPSA) is 56.7 Å². The first-order valence-electron chi connectivity index (χ1n) is 8.11. The molecule has 1 unspecified atom stereocenters. The molecule has 1 atom stereocenters. The van der Waals surface area contributed by atoms with E-state index in [0.717, 1.165) is 43.5 Å². The summed E-state index contributed by atoms with van der Waals surface area (Å²) in [5, 5.41) is 7.47. The highest BCUT2D eigenvalue weighted by molar-refractivity contribution is 6.30. The molecular formula is C17H25ClN4O. The number of benzene rings is 1. The molecule has 1 aliphatic rings. The van der Waals surface area contributed by atoms with Crippen molar-refractivity contribution >= 4 is 23.5 Å². The molecule has 1 saturated heterocycles. The fourth-order valence-electron chi connectivity index (χ4n) is 2.73. The number of guanidine groups is 1. The van der Waals surface area contributed by atoms with Crippen LogP contribution in [0.5, 0.6) is 0 Å². The Morgan fingerprint density at radius 1 is 1.48 bits per heavy atom. The zero-order chi connectivity index (χ0) is 16.7. The number of aliphatic imine (C=N–C) groups is 1. The molecule has 1 aromatic carbocycles. The van der Waals surface area contributed by atoms with Gasteiger partial charge in [-0.05, 0) is 30.5 Å².